The van der Waals surface area contributed by atoms with Crippen LogP contribution in [0.4, 0.5) is 10.1 Å². The van der Waals surface area contributed by atoms with Crippen LogP contribution < -0.4 is 15.2 Å². The fraction of sp³-hybridized carbons (Fsp3) is 0.154. The van der Waals surface area contributed by atoms with Crippen molar-refractivity contribution in [3.63, 3.8) is 0 Å². The topological polar surface area (TPSA) is 94.3 Å². The molecule has 0 aliphatic carbocycles. The molecule has 0 fully saturated rings. The van der Waals surface area contributed by atoms with Crippen molar-refractivity contribution in [1.82, 2.24) is 9.71 Å². The number of halogens is 1. The van der Waals surface area contributed by atoms with Gasteiger partial charge in [0.2, 0.25) is 15.9 Å². The van der Waals surface area contributed by atoms with Gasteiger partial charge in [-0.2, -0.15) is 0 Å². The van der Waals surface area contributed by atoms with Gasteiger partial charge in [-0.05, 0) is 17.7 Å². The van der Waals surface area contributed by atoms with E-state index in [4.69, 9.17) is 10.5 Å². The van der Waals surface area contributed by atoms with Gasteiger partial charge in [0.15, 0.2) is 0 Å². The van der Waals surface area contributed by atoms with Crippen LogP contribution in [0.15, 0.2) is 41.4 Å². The van der Waals surface area contributed by atoms with Crippen LogP contribution in [0.1, 0.15) is 5.56 Å². The average molecular weight is 311 g/mol. The highest BCUT2D eigenvalue weighted by molar-refractivity contribution is 7.89. The summed E-state index contributed by atoms with van der Waals surface area (Å²) in [7, 11) is -2.42. The number of rotatable bonds is 5. The first-order valence-corrected chi connectivity index (χ1v) is 7.45. The second-order valence-electron chi connectivity index (χ2n) is 4.19. The number of nitrogens with zero attached hydrogens (tertiary/aromatic N) is 1. The minimum atomic E-state index is -3.90. The second kappa shape index (κ2) is 6.06. The van der Waals surface area contributed by atoms with E-state index in [-0.39, 0.29) is 11.4 Å². The lowest BCUT2D eigenvalue weighted by atomic mass is 10.3. The number of ether oxygens (including phenoxy) is 1. The van der Waals surface area contributed by atoms with E-state index in [9.17, 15) is 12.8 Å². The van der Waals surface area contributed by atoms with E-state index < -0.39 is 21.5 Å². The largest absolute Gasteiger partial charge is 0.481 e. The smallest absolute Gasteiger partial charge is 0.243 e. The molecule has 0 amide bonds. The molecule has 3 N–H and O–H groups in total. The van der Waals surface area contributed by atoms with Crippen molar-refractivity contribution in [2.24, 2.45) is 0 Å². The highest BCUT2D eigenvalue weighted by Crippen LogP contribution is 2.21. The van der Waals surface area contributed by atoms with E-state index in [0.717, 1.165) is 6.07 Å². The molecule has 1 aromatic carbocycles. The second-order valence-corrected chi connectivity index (χ2v) is 5.92. The number of hydrogen-bond acceptors (Lipinski definition) is 5. The molecule has 0 aliphatic rings. The molecule has 0 spiro atoms. The van der Waals surface area contributed by atoms with E-state index >= 15 is 0 Å². The van der Waals surface area contributed by atoms with Crippen LogP contribution >= 0.6 is 0 Å². The Morgan fingerprint density at radius 2 is 2.10 bits per heavy atom. The molecule has 1 aromatic heterocycles. The van der Waals surface area contributed by atoms with Crippen LogP contribution in [0.5, 0.6) is 5.88 Å². The molecular formula is C13H14FN3O3S. The van der Waals surface area contributed by atoms with Gasteiger partial charge in [-0.1, -0.05) is 12.1 Å². The summed E-state index contributed by atoms with van der Waals surface area (Å²) in [6.07, 6.45) is 1.48. The third-order valence-corrected chi connectivity index (χ3v) is 4.23. The summed E-state index contributed by atoms with van der Waals surface area (Å²) in [6, 6.07) is 6.91. The van der Waals surface area contributed by atoms with Gasteiger partial charge in [0.05, 0.1) is 12.8 Å². The lowest BCUT2D eigenvalue weighted by Gasteiger charge is -2.09. The molecule has 0 atom stereocenters. The number of anilines is 1. The molecule has 0 aliphatic heterocycles. The van der Waals surface area contributed by atoms with Gasteiger partial charge in [0.25, 0.3) is 0 Å². The van der Waals surface area contributed by atoms with Crippen LogP contribution in [-0.4, -0.2) is 20.5 Å². The van der Waals surface area contributed by atoms with Crippen LogP contribution in [-0.2, 0) is 16.6 Å². The Kier molecular flexibility index (Phi) is 4.39. The maximum absolute atomic E-state index is 13.3. The standard InChI is InChI=1S/C13H14FN3O3S/c1-20-12-6-5-9(7-16-12)8-17-21(18,19)11-4-2-3-10(14)13(11)15/h2-7,17H,8,15H2,1H3. The monoisotopic (exact) mass is 311 g/mol. The number of hydrogen-bond donors (Lipinski definition) is 2. The number of nitrogen functional groups attached to an aromatic ring is 1. The zero-order valence-electron chi connectivity index (χ0n) is 11.2. The number of aromatic nitrogens is 1. The summed E-state index contributed by atoms with van der Waals surface area (Å²) < 4.78 is 44.8. The average Bonchev–Trinajstić information content (AvgIpc) is 2.48. The summed E-state index contributed by atoms with van der Waals surface area (Å²) in [5.41, 5.74) is 5.68. The minimum Gasteiger partial charge on any atom is -0.481 e. The van der Waals surface area contributed by atoms with Crippen LogP contribution in [0.25, 0.3) is 0 Å². The van der Waals surface area contributed by atoms with Gasteiger partial charge < -0.3 is 10.5 Å². The fourth-order valence-electron chi connectivity index (χ4n) is 1.64. The van der Waals surface area contributed by atoms with Gasteiger partial charge in [-0.15, -0.1) is 0 Å². The van der Waals surface area contributed by atoms with Crippen molar-refractivity contribution >= 4 is 15.7 Å². The number of benzene rings is 1. The minimum absolute atomic E-state index is 0.00921. The Hall–Kier alpha value is -2.19. The van der Waals surface area contributed by atoms with Crippen molar-refractivity contribution in [3.05, 3.63) is 47.9 Å². The summed E-state index contributed by atoms with van der Waals surface area (Å²) in [5, 5.41) is 0. The quantitative estimate of drug-likeness (QED) is 0.811. The Balaban J connectivity index is 2.15. The number of methoxy groups -OCH3 is 1. The number of pyridine rings is 1. The van der Waals surface area contributed by atoms with E-state index in [0.29, 0.717) is 11.4 Å². The van der Waals surface area contributed by atoms with Crippen molar-refractivity contribution in [1.29, 1.82) is 0 Å². The SMILES string of the molecule is COc1ccc(CNS(=O)(=O)c2cccc(F)c2N)cn1. The Labute approximate surface area is 121 Å². The zero-order valence-corrected chi connectivity index (χ0v) is 12.0. The van der Waals surface area contributed by atoms with E-state index in [1.54, 1.807) is 12.1 Å². The van der Waals surface area contributed by atoms with E-state index in [1.807, 2.05) is 0 Å². The summed E-state index contributed by atoms with van der Waals surface area (Å²) in [5.74, 6) is -0.347. The molecule has 2 rings (SSSR count). The molecule has 0 unspecified atom stereocenters. The van der Waals surface area contributed by atoms with E-state index in [2.05, 4.69) is 9.71 Å². The van der Waals surface area contributed by atoms with Gasteiger partial charge in [-0.3, -0.25) is 0 Å². The highest BCUT2D eigenvalue weighted by Gasteiger charge is 2.19. The van der Waals surface area contributed by atoms with Gasteiger partial charge in [-0.25, -0.2) is 22.5 Å². The zero-order chi connectivity index (χ0) is 15.5. The molecule has 6 nitrogen and oxygen atoms in total. The Bertz CT molecular complexity index is 733. The first-order chi connectivity index (χ1) is 9.94. The van der Waals surface area contributed by atoms with Crippen molar-refractivity contribution in [2.75, 3.05) is 12.8 Å². The first-order valence-electron chi connectivity index (χ1n) is 5.96. The third-order valence-electron chi connectivity index (χ3n) is 2.78. The van der Waals surface area contributed by atoms with E-state index in [1.165, 1.54) is 25.4 Å². The number of para-hydroxylation sites is 1. The lowest BCUT2D eigenvalue weighted by Crippen LogP contribution is -2.24. The van der Waals surface area contributed by atoms with Gasteiger partial charge in [0.1, 0.15) is 10.7 Å². The number of nitrogens with two attached hydrogens (primary N) is 1. The summed E-state index contributed by atoms with van der Waals surface area (Å²) in [4.78, 5) is 3.67. The summed E-state index contributed by atoms with van der Waals surface area (Å²) >= 11 is 0. The molecule has 2 aromatic rings. The number of sulfonamides is 1. The van der Waals surface area contributed by atoms with Gasteiger partial charge >= 0.3 is 0 Å². The first kappa shape index (κ1) is 15.2. The van der Waals surface area contributed by atoms with Crippen LogP contribution in [0.2, 0.25) is 0 Å². The molecular weight excluding hydrogens is 297 g/mol. The molecule has 8 heteroatoms. The van der Waals surface area contributed by atoms with Crippen LogP contribution in [0.3, 0.4) is 0 Å². The van der Waals surface area contributed by atoms with Crippen molar-refractivity contribution in [2.45, 2.75) is 11.4 Å². The predicted molar refractivity (Wildman–Crippen MR) is 75.6 cm³/mol. The molecule has 0 radical (unpaired) electrons. The molecule has 112 valence electrons. The maximum atomic E-state index is 13.3. The third kappa shape index (κ3) is 3.47. The Morgan fingerprint density at radius 3 is 2.71 bits per heavy atom. The maximum Gasteiger partial charge on any atom is 0.243 e. The number of nitrogens with one attached hydrogen (secondary N) is 1. The molecule has 0 saturated heterocycles. The Morgan fingerprint density at radius 1 is 1.33 bits per heavy atom. The molecule has 1 heterocycles. The normalized spacial score (nSPS) is 11.3. The predicted octanol–water partition coefficient (Wildman–Crippen LogP) is 1.29. The molecule has 0 bridgehead atoms. The molecule has 21 heavy (non-hydrogen) atoms. The van der Waals surface area contributed by atoms with Crippen molar-refractivity contribution in [3.8, 4) is 5.88 Å². The van der Waals surface area contributed by atoms with Crippen LogP contribution in [0, 0.1) is 5.82 Å². The molecule has 0 saturated carbocycles. The lowest BCUT2D eigenvalue weighted by molar-refractivity contribution is 0.397. The van der Waals surface area contributed by atoms with Crippen molar-refractivity contribution < 1.29 is 17.5 Å². The summed E-state index contributed by atoms with van der Waals surface area (Å²) in [6.45, 7) is 0.00921. The van der Waals surface area contributed by atoms with Gasteiger partial charge in [0, 0.05) is 18.8 Å². The highest BCUT2D eigenvalue weighted by atomic mass is 32.2. The fourth-order valence-corrected chi connectivity index (χ4v) is 2.80.